The molecule has 1 aliphatic rings. The molecule has 5 nitrogen and oxygen atoms in total. The Labute approximate surface area is 124 Å². The van der Waals surface area contributed by atoms with Crippen LogP contribution in [0.4, 0.5) is 5.82 Å². The summed E-state index contributed by atoms with van der Waals surface area (Å²) in [6, 6.07) is 4.12. The summed E-state index contributed by atoms with van der Waals surface area (Å²) in [6.45, 7) is 6.41. The first-order valence-corrected chi connectivity index (χ1v) is 7.28. The highest BCUT2D eigenvalue weighted by atomic mass is 16.5. The lowest BCUT2D eigenvalue weighted by molar-refractivity contribution is 0.193. The number of nitrogens with zero attached hydrogens (tertiary/aromatic N) is 3. The van der Waals surface area contributed by atoms with Crippen molar-refractivity contribution in [3.63, 3.8) is 0 Å². The highest BCUT2D eigenvalue weighted by Gasteiger charge is 2.19. The van der Waals surface area contributed by atoms with Gasteiger partial charge in [0.2, 0.25) is 0 Å². The maximum absolute atomic E-state index is 5.42. The Bertz CT molecular complexity index is 623. The normalized spacial score (nSPS) is 17.9. The number of aryl methyl sites for hydroxylation is 2. The summed E-state index contributed by atoms with van der Waals surface area (Å²) in [4.78, 5) is 13.0. The predicted octanol–water partition coefficient (Wildman–Crippen LogP) is 2.60. The van der Waals surface area contributed by atoms with Gasteiger partial charge in [0.1, 0.15) is 12.1 Å². The molecule has 1 fully saturated rings. The maximum Gasteiger partial charge on any atom is 0.129 e. The molecule has 0 unspecified atom stereocenters. The molecule has 21 heavy (non-hydrogen) atoms. The van der Waals surface area contributed by atoms with Gasteiger partial charge in [-0.2, -0.15) is 0 Å². The Morgan fingerprint density at radius 1 is 1.24 bits per heavy atom. The smallest absolute Gasteiger partial charge is 0.129 e. The summed E-state index contributed by atoms with van der Waals surface area (Å²) in [5.74, 6) is 1.25. The number of aromatic nitrogens is 3. The number of rotatable bonds is 4. The highest BCUT2D eigenvalue weighted by Crippen LogP contribution is 2.24. The lowest BCUT2D eigenvalue weighted by Gasteiger charge is -2.11. The van der Waals surface area contributed by atoms with E-state index in [1.54, 1.807) is 6.33 Å². The largest absolute Gasteiger partial charge is 0.381 e. The van der Waals surface area contributed by atoms with Crippen molar-refractivity contribution in [3.05, 3.63) is 47.2 Å². The lowest BCUT2D eigenvalue weighted by atomic mass is 10.0. The van der Waals surface area contributed by atoms with Crippen LogP contribution in [0.15, 0.2) is 24.7 Å². The average molecular weight is 284 g/mol. The fraction of sp³-hybridized carbons (Fsp3) is 0.438. The van der Waals surface area contributed by atoms with Crippen LogP contribution < -0.4 is 5.32 Å². The van der Waals surface area contributed by atoms with Gasteiger partial charge in [-0.25, -0.2) is 9.97 Å². The Kier molecular flexibility index (Phi) is 4.10. The summed E-state index contributed by atoms with van der Waals surface area (Å²) in [6.07, 6.45) is 4.58. The first kappa shape index (κ1) is 13.9. The molecule has 3 heterocycles. The minimum absolute atomic E-state index is 0.399. The number of ether oxygens (including phenoxy) is 1. The molecule has 0 aliphatic carbocycles. The second-order valence-corrected chi connectivity index (χ2v) is 5.49. The van der Waals surface area contributed by atoms with Crippen molar-refractivity contribution in [2.24, 2.45) is 0 Å². The van der Waals surface area contributed by atoms with Crippen LogP contribution in [0.5, 0.6) is 0 Å². The summed E-state index contributed by atoms with van der Waals surface area (Å²) < 4.78 is 5.42. The second-order valence-electron chi connectivity index (χ2n) is 5.49. The van der Waals surface area contributed by atoms with E-state index in [9.17, 15) is 0 Å². The van der Waals surface area contributed by atoms with Crippen molar-refractivity contribution in [2.75, 3.05) is 18.5 Å². The summed E-state index contributed by atoms with van der Waals surface area (Å²) in [7, 11) is 0. The quantitative estimate of drug-likeness (QED) is 0.935. The maximum atomic E-state index is 5.42. The minimum Gasteiger partial charge on any atom is -0.381 e. The first-order valence-electron chi connectivity index (χ1n) is 7.28. The SMILES string of the molecule is Cc1cc(C)c(CNc2cc([C@H]3CCOC3)ncn2)cn1. The molecule has 0 aromatic carbocycles. The molecule has 0 amide bonds. The Hall–Kier alpha value is -2.01. The van der Waals surface area contributed by atoms with E-state index in [4.69, 9.17) is 4.74 Å². The van der Waals surface area contributed by atoms with Gasteiger partial charge in [-0.3, -0.25) is 4.98 Å². The van der Waals surface area contributed by atoms with Gasteiger partial charge >= 0.3 is 0 Å². The van der Waals surface area contributed by atoms with E-state index in [1.165, 1.54) is 11.1 Å². The second kappa shape index (κ2) is 6.18. The molecule has 0 spiro atoms. The molecular formula is C16H20N4O. The van der Waals surface area contributed by atoms with Gasteiger partial charge in [0.05, 0.1) is 12.3 Å². The number of anilines is 1. The zero-order valence-corrected chi connectivity index (χ0v) is 12.5. The summed E-state index contributed by atoms with van der Waals surface area (Å²) in [5.41, 5.74) is 4.53. The van der Waals surface area contributed by atoms with Crippen LogP contribution in [0, 0.1) is 13.8 Å². The molecule has 5 heteroatoms. The van der Waals surface area contributed by atoms with E-state index < -0.39 is 0 Å². The monoisotopic (exact) mass is 284 g/mol. The van der Waals surface area contributed by atoms with Gasteiger partial charge in [-0.1, -0.05) is 0 Å². The van der Waals surface area contributed by atoms with E-state index in [1.807, 2.05) is 19.2 Å². The fourth-order valence-corrected chi connectivity index (χ4v) is 2.56. The molecule has 2 aromatic heterocycles. The number of nitrogens with one attached hydrogen (secondary N) is 1. The van der Waals surface area contributed by atoms with Gasteiger partial charge in [0, 0.05) is 37.0 Å². The van der Waals surface area contributed by atoms with Crippen LogP contribution in [-0.4, -0.2) is 28.2 Å². The molecule has 0 saturated carbocycles. The van der Waals surface area contributed by atoms with Gasteiger partial charge in [0.25, 0.3) is 0 Å². The lowest BCUT2D eigenvalue weighted by Crippen LogP contribution is -2.07. The number of hydrogen-bond donors (Lipinski definition) is 1. The zero-order chi connectivity index (χ0) is 14.7. The Morgan fingerprint density at radius 2 is 2.14 bits per heavy atom. The molecule has 1 N–H and O–H groups in total. The van der Waals surface area contributed by atoms with Crippen LogP contribution in [0.25, 0.3) is 0 Å². The molecule has 0 bridgehead atoms. The van der Waals surface area contributed by atoms with Crippen molar-refractivity contribution < 1.29 is 4.74 Å². The van der Waals surface area contributed by atoms with Crippen molar-refractivity contribution in [3.8, 4) is 0 Å². The standard InChI is InChI=1S/C16H20N4O/c1-11-5-12(2)17-7-14(11)8-18-16-6-15(19-10-20-16)13-3-4-21-9-13/h5-7,10,13H,3-4,8-9H2,1-2H3,(H,18,19,20)/t13-/m0/s1. The van der Waals surface area contributed by atoms with Gasteiger partial charge in [-0.15, -0.1) is 0 Å². The first-order chi connectivity index (χ1) is 10.2. The fourth-order valence-electron chi connectivity index (χ4n) is 2.56. The van der Waals surface area contributed by atoms with Crippen LogP contribution in [0.3, 0.4) is 0 Å². The van der Waals surface area contributed by atoms with Crippen LogP contribution in [0.1, 0.15) is 34.9 Å². The zero-order valence-electron chi connectivity index (χ0n) is 12.5. The molecule has 2 aromatic rings. The molecule has 1 atom stereocenters. The van der Waals surface area contributed by atoms with Crippen molar-refractivity contribution >= 4 is 5.82 Å². The third-order valence-electron chi connectivity index (χ3n) is 3.85. The molecule has 1 aliphatic heterocycles. The Morgan fingerprint density at radius 3 is 2.90 bits per heavy atom. The van der Waals surface area contributed by atoms with E-state index in [2.05, 4.69) is 33.3 Å². The molecule has 1 saturated heterocycles. The third kappa shape index (κ3) is 3.36. The minimum atomic E-state index is 0.399. The van der Waals surface area contributed by atoms with Crippen LogP contribution >= 0.6 is 0 Å². The predicted molar refractivity (Wildman–Crippen MR) is 81.2 cm³/mol. The van der Waals surface area contributed by atoms with Gasteiger partial charge < -0.3 is 10.1 Å². The highest BCUT2D eigenvalue weighted by molar-refractivity contribution is 5.38. The average Bonchev–Trinajstić information content (AvgIpc) is 3.01. The molecule has 0 radical (unpaired) electrons. The molecule has 3 rings (SSSR count). The number of pyridine rings is 1. The van der Waals surface area contributed by atoms with Crippen molar-refractivity contribution in [1.82, 2.24) is 15.0 Å². The Balaban J connectivity index is 1.68. The number of hydrogen-bond acceptors (Lipinski definition) is 5. The van der Waals surface area contributed by atoms with Crippen molar-refractivity contribution in [1.29, 1.82) is 0 Å². The van der Waals surface area contributed by atoms with Crippen LogP contribution in [-0.2, 0) is 11.3 Å². The summed E-state index contributed by atoms with van der Waals surface area (Å²) in [5, 5.41) is 3.35. The molecular weight excluding hydrogens is 264 g/mol. The topological polar surface area (TPSA) is 59.9 Å². The third-order valence-corrected chi connectivity index (χ3v) is 3.85. The van der Waals surface area contributed by atoms with E-state index in [0.717, 1.165) is 43.4 Å². The van der Waals surface area contributed by atoms with Crippen LogP contribution in [0.2, 0.25) is 0 Å². The van der Waals surface area contributed by atoms with E-state index in [0.29, 0.717) is 5.92 Å². The van der Waals surface area contributed by atoms with Crippen molar-refractivity contribution in [2.45, 2.75) is 32.7 Å². The summed E-state index contributed by atoms with van der Waals surface area (Å²) >= 11 is 0. The van der Waals surface area contributed by atoms with Gasteiger partial charge in [0.15, 0.2) is 0 Å². The van der Waals surface area contributed by atoms with Gasteiger partial charge in [-0.05, 0) is 37.5 Å². The van der Waals surface area contributed by atoms with E-state index in [-0.39, 0.29) is 0 Å². The van der Waals surface area contributed by atoms with E-state index >= 15 is 0 Å². The molecule has 110 valence electrons.